The fourth-order valence-corrected chi connectivity index (χ4v) is 4.08. The molecule has 172 valence electrons. The van der Waals surface area contributed by atoms with Crippen molar-refractivity contribution in [3.05, 3.63) is 52.5 Å². The van der Waals surface area contributed by atoms with Gasteiger partial charge in [0.05, 0.1) is 25.3 Å². The lowest BCUT2D eigenvalue weighted by Crippen LogP contribution is -2.40. The maximum atomic E-state index is 13.1. The summed E-state index contributed by atoms with van der Waals surface area (Å²) in [7, 11) is 1.60. The summed E-state index contributed by atoms with van der Waals surface area (Å²) >= 11 is 6.41. The second-order valence-corrected chi connectivity index (χ2v) is 8.13. The van der Waals surface area contributed by atoms with E-state index in [0.717, 1.165) is 12.2 Å². The van der Waals surface area contributed by atoms with Crippen molar-refractivity contribution < 1.29 is 23.8 Å². The number of halogens is 1. The predicted molar refractivity (Wildman–Crippen MR) is 124 cm³/mol. The molecule has 1 fully saturated rings. The van der Waals surface area contributed by atoms with Gasteiger partial charge in [0.15, 0.2) is 17.3 Å². The molecule has 0 atom stereocenters. The van der Waals surface area contributed by atoms with Crippen LogP contribution in [0, 0.1) is 5.92 Å². The number of hydrogen-bond acceptors (Lipinski definition) is 5. The van der Waals surface area contributed by atoms with Crippen molar-refractivity contribution in [3.8, 4) is 17.2 Å². The molecule has 0 radical (unpaired) electrons. The normalized spacial score (nSPS) is 14.2. The first-order valence-corrected chi connectivity index (χ1v) is 11.4. The highest BCUT2D eigenvalue weighted by Crippen LogP contribution is 2.37. The molecular weight excluding hydrogens is 430 g/mol. The van der Waals surface area contributed by atoms with E-state index in [4.69, 9.17) is 25.8 Å². The Morgan fingerprint density at radius 3 is 2.31 bits per heavy atom. The van der Waals surface area contributed by atoms with Gasteiger partial charge < -0.3 is 19.1 Å². The first-order chi connectivity index (χ1) is 15.5. The molecular formula is C25H30ClNO5. The van der Waals surface area contributed by atoms with Crippen LogP contribution in [0.2, 0.25) is 5.02 Å². The highest BCUT2D eigenvalue weighted by molar-refractivity contribution is 6.32. The van der Waals surface area contributed by atoms with E-state index in [2.05, 4.69) is 0 Å². The molecule has 1 heterocycles. The Hall–Kier alpha value is -2.73. The molecule has 0 saturated carbocycles. The van der Waals surface area contributed by atoms with Crippen LogP contribution in [0.4, 0.5) is 0 Å². The van der Waals surface area contributed by atoms with Gasteiger partial charge in [0.1, 0.15) is 5.75 Å². The van der Waals surface area contributed by atoms with Crippen LogP contribution in [0.1, 0.15) is 53.8 Å². The third-order valence-corrected chi connectivity index (χ3v) is 5.82. The van der Waals surface area contributed by atoms with Crippen molar-refractivity contribution in [1.82, 2.24) is 4.90 Å². The van der Waals surface area contributed by atoms with Gasteiger partial charge in [0, 0.05) is 30.1 Å². The monoisotopic (exact) mass is 459 g/mol. The summed E-state index contributed by atoms with van der Waals surface area (Å²) in [6, 6.07) is 10.5. The van der Waals surface area contributed by atoms with Gasteiger partial charge in [0.25, 0.3) is 5.91 Å². The van der Waals surface area contributed by atoms with E-state index >= 15 is 0 Å². The topological polar surface area (TPSA) is 65.1 Å². The molecule has 0 spiro atoms. The van der Waals surface area contributed by atoms with Crippen molar-refractivity contribution in [2.45, 2.75) is 33.1 Å². The lowest BCUT2D eigenvalue weighted by atomic mass is 9.88. The van der Waals surface area contributed by atoms with Crippen LogP contribution in [0.25, 0.3) is 0 Å². The number of ketones is 1. The molecule has 6 nitrogen and oxygen atoms in total. The average molecular weight is 460 g/mol. The van der Waals surface area contributed by atoms with Gasteiger partial charge in [-0.25, -0.2) is 0 Å². The van der Waals surface area contributed by atoms with Gasteiger partial charge in [-0.15, -0.1) is 0 Å². The van der Waals surface area contributed by atoms with Crippen LogP contribution in [0.15, 0.2) is 36.4 Å². The van der Waals surface area contributed by atoms with Crippen LogP contribution in [-0.4, -0.2) is 50.0 Å². The number of ether oxygens (including phenoxy) is 3. The number of Topliss-reactive ketones (excluding diaryl/α,β-unsaturated/α-hetero) is 1. The van der Waals surface area contributed by atoms with Gasteiger partial charge in [-0.05, 0) is 62.6 Å². The Morgan fingerprint density at radius 2 is 1.72 bits per heavy atom. The minimum Gasteiger partial charge on any atom is -0.497 e. The standard InChI is InChI=1S/C25H30ClNO5/c1-4-14-32-24-21(26)15-19(16-22(24)31-5-2)25(29)27-12-10-18(11-13-27)23(28)17-6-8-20(30-3)9-7-17/h6-9,15-16,18H,4-5,10-14H2,1-3H3. The zero-order chi connectivity index (χ0) is 23.1. The maximum Gasteiger partial charge on any atom is 0.254 e. The van der Waals surface area contributed by atoms with Crippen LogP contribution in [0.3, 0.4) is 0 Å². The van der Waals surface area contributed by atoms with E-state index < -0.39 is 0 Å². The van der Waals surface area contributed by atoms with E-state index in [9.17, 15) is 9.59 Å². The van der Waals surface area contributed by atoms with E-state index in [1.807, 2.05) is 13.8 Å². The fraction of sp³-hybridized carbons (Fsp3) is 0.440. The van der Waals surface area contributed by atoms with Gasteiger partial charge in [0.2, 0.25) is 0 Å². The molecule has 32 heavy (non-hydrogen) atoms. The van der Waals surface area contributed by atoms with E-state index in [1.54, 1.807) is 48.4 Å². The summed E-state index contributed by atoms with van der Waals surface area (Å²) in [5.41, 5.74) is 1.13. The van der Waals surface area contributed by atoms with E-state index in [0.29, 0.717) is 66.8 Å². The lowest BCUT2D eigenvalue weighted by Gasteiger charge is -2.31. The minimum atomic E-state index is -0.120. The third-order valence-electron chi connectivity index (χ3n) is 5.53. The zero-order valence-corrected chi connectivity index (χ0v) is 19.6. The molecule has 0 aromatic heterocycles. The summed E-state index contributed by atoms with van der Waals surface area (Å²) in [4.78, 5) is 27.7. The highest BCUT2D eigenvalue weighted by Gasteiger charge is 2.29. The summed E-state index contributed by atoms with van der Waals surface area (Å²) in [5, 5.41) is 0.359. The number of piperidine rings is 1. The molecule has 0 N–H and O–H groups in total. The maximum absolute atomic E-state index is 13.1. The number of likely N-dealkylation sites (tertiary alicyclic amines) is 1. The minimum absolute atomic E-state index is 0.0974. The SMILES string of the molecule is CCCOc1c(Cl)cc(C(=O)N2CCC(C(=O)c3ccc(OC)cc3)CC2)cc1OCC. The van der Waals surface area contributed by atoms with E-state index in [1.165, 1.54) is 0 Å². The predicted octanol–water partition coefficient (Wildman–Crippen LogP) is 5.27. The molecule has 1 saturated heterocycles. The summed E-state index contributed by atoms with van der Waals surface area (Å²) in [6.45, 7) is 5.87. The molecule has 2 aromatic rings. The van der Waals surface area contributed by atoms with Crippen molar-refractivity contribution >= 4 is 23.3 Å². The molecule has 0 bridgehead atoms. The van der Waals surface area contributed by atoms with Gasteiger partial charge in [-0.1, -0.05) is 18.5 Å². The van der Waals surface area contributed by atoms with E-state index in [-0.39, 0.29) is 17.6 Å². The van der Waals surface area contributed by atoms with Crippen molar-refractivity contribution in [2.75, 3.05) is 33.4 Å². The lowest BCUT2D eigenvalue weighted by molar-refractivity contribution is 0.0650. The Bertz CT molecular complexity index is 936. The van der Waals surface area contributed by atoms with Crippen molar-refractivity contribution in [1.29, 1.82) is 0 Å². The summed E-state index contributed by atoms with van der Waals surface area (Å²) in [5.74, 6) is 1.55. The first-order valence-electron chi connectivity index (χ1n) is 11.0. The molecule has 0 unspecified atom stereocenters. The van der Waals surface area contributed by atoms with Crippen LogP contribution >= 0.6 is 11.6 Å². The molecule has 0 aliphatic carbocycles. The Kier molecular flexibility index (Phi) is 8.39. The fourth-order valence-electron chi connectivity index (χ4n) is 3.82. The molecule has 7 heteroatoms. The zero-order valence-electron chi connectivity index (χ0n) is 18.9. The first kappa shape index (κ1) is 23.9. The second-order valence-electron chi connectivity index (χ2n) is 7.73. The quantitative estimate of drug-likeness (QED) is 0.478. The molecule has 1 aliphatic rings. The highest BCUT2D eigenvalue weighted by atomic mass is 35.5. The number of nitrogens with zero attached hydrogens (tertiary/aromatic N) is 1. The smallest absolute Gasteiger partial charge is 0.254 e. The summed E-state index contributed by atoms with van der Waals surface area (Å²) in [6.07, 6.45) is 2.09. The van der Waals surface area contributed by atoms with Crippen molar-refractivity contribution in [2.24, 2.45) is 5.92 Å². The molecule has 1 aliphatic heterocycles. The number of hydrogen-bond donors (Lipinski definition) is 0. The number of rotatable bonds is 9. The molecule has 2 aromatic carbocycles. The van der Waals surface area contributed by atoms with Gasteiger partial charge in [-0.3, -0.25) is 9.59 Å². The Labute approximate surface area is 194 Å². The number of amides is 1. The molecule has 3 rings (SSSR count). The van der Waals surface area contributed by atoms with Crippen molar-refractivity contribution in [3.63, 3.8) is 0 Å². The third kappa shape index (κ3) is 5.54. The van der Waals surface area contributed by atoms with Crippen LogP contribution in [-0.2, 0) is 0 Å². The van der Waals surface area contributed by atoms with Crippen LogP contribution in [0.5, 0.6) is 17.2 Å². The molecule has 1 amide bonds. The second kappa shape index (κ2) is 11.2. The van der Waals surface area contributed by atoms with Crippen LogP contribution < -0.4 is 14.2 Å². The number of benzene rings is 2. The average Bonchev–Trinajstić information content (AvgIpc) is 2.83. The largest absolute Gasteiger partial charge is 0.497 e. The number of methoxy groups -OCH3 is 1. The van der Waals surface area contributed by atoms with Gasteiger partial charge in [-0.2, -0.15) is 0 Å². The summed E-state index contributed by atoms with van der Waals surface area (Å²) < 4.78 is 16.5. The number of carbonyl (C=O) groups excluding carboxylic acids is 2. The number of carbonyl (C=O) groups is 2. The Balaban J connectivity index is 1.67. The van der Waals surface area contributed by atoms with Gasteiger partial charge >= 0.3 is 0 Å². The Morgan fingerprint density at radius 1 is 1.03 bits per heavy atom.